The quantitative estimate of drug-likeness (QED) is 0.882. The van der Waals surface area contributed by atoms with Crippen LogP contribution in [0.4, 0.5) is 0 Å². The third-order valence-corrected chi connectivity index (χ3v) is 4.59. The highest BCUT2D eigenvalue weighted by Gasteiger charge is 2.28. The van der Waals surface area contributed by atoms with E-state index >= 15 is 0 Å². The molecule has 5 nitrogen and oxygen atoms in total. The SMILES string of the molecule is O=C(O)c1cc(S(=O)(=O)NC2CC2)ccc1Br. The number of aromatic carboxylic acids is 1. The molecule has 0 bridgehead atoms. The summed E-state index contributed by atoms with van der Waals surface area (Å²) in [5.74, 6) is -1.17. The predicted molar refractivity (Wildman–Crippen MR) is 64.4 cm³/mol. The summed E-state index contributed by atoms with van der Waals surface area (Å²) in [4.78, 5) is 10.9. The Morgan fingerprint density at radius 1 is 1.41 bits per heavy atom. The van der Waals surface area contributed by atoms with Crippen LogP contribution in [0.2, 0.25) is 0 Å². The zero-order chi connectivity index (χ0) is 12.6. The van der Waals surface area contributed by atoms with E-state index in [1.807, 2.05) is 0 Å². The first-order valence-electron chi connectivity index (χ1n) is 4.95. The lowest BCUT2D eigenvalue weighted by Crippen LogP contribution is -2.25. The van der Waals surface area contributed by atoms with Crippen LogP contribution in [0, 0.1) is 0 Å². The molecule has 92 valence electrons. The predicted octanol–water partition coefficient (Wildman–Crippen LogP) is 1.59. The molecule has 2 rings (SSSR count). The molecular weight excluding hydrogens is 310 g/mol. The number of nitrogens with one attached hydrogen (secondary N) is 1. The molecule has 1 aromatic carbocycles. The van der Waals surface area contributed by atoms with Crippen molar-refractivity contribution in [3.05, 3.63) is 28.2 Å². The Hall–Kier alpha value is -0.920. The van der Waals surface area contributed by atoms with E-state index in [4.69, 9.17) is 5.11 Å². The number of carboxylic acid groups (broad SMARTS) is 1. The number of rotatable bonds is 4. The van der Waals surface area contributed by atoms with Gasteiger partial charge in [0.2, 0.25) is 10.0 Å². The summed E-state index contributed by atoms with van der Waals surface area (Å²) in [6.07, 6.45) is 1.67. The molecule has 1 saturated carbocycles. The molecule has 0 radical (unpaired) electrons. The molecule has 0 heterocycles. The molecular formula is C10H10BrNO4S. The number of benzene rings is 1. The molecule has 7 heteroatoms. The van der Waals surface area contributed by atoms with Crippen molar-refractivity contribution in [1.82, 2.24) is 4.72 Å². The van der Waals surface area contributed by atoms with Gasteiger partial charge in [0.1, 0.15) is 0 Å². The topological polar surface area (TPSA) is 83.5 Å². The summed E-state index contributed by atoms with van der Waals surface area (Å²) < 4.78 is 26.6. The maximum Gasteiger partial charge on any atom is 0.336 e. The summed E-state index contributed by atoms with van der Waals surface area (Å²) >= 11 is 3.06. The number of halogens is 1. The zero-order valence-electron chi connectivity index (χ0n) is 8.68. The number of sulfonamides is 1. The van der Waals surface area contributed by atoms with Crippen LogP contribution in [0.3, 0.4) is 0 Å². The minimum absolute atomic E-state index is 0.00285. The lowest BCUT2D eigenvalue weighted by atomic mass is 10.2. The summed E-state index contributed by atoms with van der Waals surface area (Å²) in [5.41, 5.74) is -0.0660. The maximum atomic E-state index is 11.8. The Kier molecular flexibility index (Phi) is 3.24. The molecule has 0 aromatic heterocycles. The van der Waals surface area contributed by atoms with Crippen LogP contribution in [0.25, 0.3) is 0 Å². The van der Waals surface area contributed by atoms with Crippen molar-refractivity contribution in [3.63, 3.8) is 0 Å². The van der Waals surface area contributed by atoms with Gasteiger partial charge in [-0.3, -0.25) is 0 Å². The van der Waals surface area contributed by atoms with Gasteiger partial charge in [-0.05, 0) is 47.0 Å². The first kappa shape index (κ1) is 12.5. The first-order valence-corrected chi connectivity index (χ1v) is 7.23. The first-order chi connectivity index (χ1) is 7.90. The van der Waals surface area contributed by atoms with Gasteiger partial charge in [-0.25, -0.2) is 17.9 Å². The second-order valence-corrected chi connectivity index (χ2v) is 6.41. The van der Waals surface area contributed by atoms with E-state index in [0.29, 0.717) is 4.47 Å². The van der Waals surface area contributed by atoms with Crippen LogP contribution in [0.15, 0.2) is 27.6 Å². The minimum atomic E-state index is -3.60. The third kappa shape index (κ3) is 2.85. The molecule has 0 spiro atoms. The number of hydrogen-bond donors (Lipinski definition) is 2. The van der Waals surface area contributed by atoms with Crippen molar-refractivity contribution in [2.24, 2.45) is 0 Å². The lowest BCUT2D eigenvalue weighted by Gasteiger charge is -2.07. The summed E-state index contributed by atoms with van der Waals surface area (Å²) in [6, 6.07) is 3.94. The Labute approximate surface area is 107 Å². The molecule has 17 heavy (non-hydrogen) atoms. The van der Waals surface area contributed by atoms with Crippen LogP contribution < -0.4 is 4.72 Å². The maximum absolute atomic E-state index is 11.8. The van der Waals surface area contributed by atoms with E-state index in [-0.39, 0.29) is 16.5 Å². The smallest absolute Gasteiger partial charge is 0.336 e. The Morgan fingerprint density at radius 2 is 2.06 bits per heavy atom. The molecule has 0 unspecified atom stereocenters. The van der Waals surface area contributed by atoms with Gasteiger partial charge >= 0.3 is 5.97 Å². The van der Waals surface area contributed by atoms with E-state index in [2.05, 4.69) is 20.7 Å². The third-order valence-electron chi connectivity index (χ3n) is 2.38. The Balaban J connectivity index is 2.38. The van der Waals surface area contributed by atoms with E-state index < -0.39 is 16.0 Å². The number of carbonyl (C=O) groups is 1. The molecule has 1 aliphatic carbocycles. The highest BCUT2D eigenvalue weighted by molar-refractivity contribution is 9.10. The van der Waals surface area contributed by atoms with E-state index in [0.717, 1.165) is 18.9 Å². The van der Waals surface area contributed by atoms with Crippen LogP contribution in [0.1, 0.15) is 23.2 Å². The summed E-state index contributed by atoms with van der Waals surface area (Å²) in [6.45, 7) is 0. The van der Waals surface area contributed by atoms with Crippen molar-refractivity contribution < 1.29 is 18.3 Å². The highest BCUT2D eigenvalue weighted by Crippen LogP contribution is 2.24. The van der Waals surface area contributed by atoms with E-state index in [1.165, 1.54) is 12.1 Å². The summed E-state index contributed by atoms with van der Waals surface area (Å²) in [5, 5.41) is 8.90. The van der Waals surface area contributed by atoms with E-state index in [1.54, 1.807) is 0 Å². The van der Waals surface area contributed by atoms with Gasteiger partial charge in [0, 0.05) is 10.5 Å². The molecule has 1 aromatic rings. The molecule has 1 fully saturated rings. The standard InChI is InChI=1S/C10H10BrNO4S/c11-9-4-3-7(5-8(9)10(13)14)17(15,16)12-6-1-2-6/h3-6,12H,1-2H2,(H,13,14). The largest absolute Gasteiger partial charge is 0.478 e. The zero-order valence-corrected chi connectivity index (χ0v) is 11.1. The van der Waals surface area contributed by atoms with Crippen LogP contribution in [0.5, 0.6) is 0 Å². The van der Waals surface area contributed by atoms with Crippen molar-refractivity contribution in [1.29, 1.82) is 0 Å². The van der Waals surface area contributed by atoms with Gasteiger partial charge in [-0.15, -0.1) is 0 Å². The molecule has 0 amide bonds. The Bertz CT molecular complexity index is 566. The fraction of sp³-hybridized carbons (Fsp3) is 0.300. The van der Waals surface area contributed by atoms with Gasteiger partial charge in [0.15, 0.2) is 0 Å². The molecule has 0 aliphatic heterocycles. The van der Waals surface area contributed by atoms with Gasteiger partial charge in [0.05, 0.1) is 10.5 Å². The van der Waals surface area contributed by atoms with E-state index in [9.17, 15) is 13.2 Å². The average molecular weight is 320 g/mol. The van der Waals surface area contributed by atoms with Crippen molar-refractivity contribution in [2.75, 3.05) is 0 Å². The molecule has 1 aliphatic rings. The second-order valence-electron chi connectivity index (χ2n) is 3.84. The molecule has 0 saturated heterocycles. The Morgan fingerprint density at radius 3 is 2.59 bits per heavy atom. The average Bonchev–Trinajstić information content (AvgIpc) is 3.00. The van der Waals surface area contributed by atoms with Gasteiger partial charge in [0.25, 0.3) is 0 Å². The minimum Gasteiger partial charge on any atom is -0.478 e. The number of hydrogen-bond acceptors (Lipinski definition) is 3. The van der Waals surface area contributed by atoms with Gasteiger partial charge in [-0.1, -0.05) is 0 Å². The molecule has 0 atom stereocenters. The number of carboxylic acids is 1. The highest BCUT2D eigenvalue weighted by atomic mass is 79.9. The fourth-order valence-electron chi connectivity index (χ4n) is 1.32. The monoisotopic (exact) mass is 319 g/mol. The summed E-state index contributed by atoms with van der Waals surface area (Å²) in [7, 11) is -3.60. The lowest BCUT2D eigenvalue weighted by molar-refractivity contribution is 0.0695. The fourth-order valence-corrected chi connectivity index (χ4v) is 3.07. The van der Waals surface area contributed by atoms with Gasteiger partial charge < -0.3 is 5.11 Å². The van der Waals surface area contributed by atoms with Crippen molar-refractivity contribution in [3.8, 4) is 0 Å². The van der Waals surface area contributed by atoms with Crippen molar-refractivity contribution in [2.45, 2.75) is 23.8 Å². The van der Waals surface area contributed by atoms with Crippen LogP contribution in [-0.2, 0) is 10.0 Å². The normalized spacial score (nSPS) is 15.8. The second kappa shape index (κ2) is 4.40. The van der Waals surface area contributed by atoms with Crippen LogP contribution >= 0.6 is 15.9 Å². The van der Waals surface area contributed by atoms with Crippen LogP contribution in [-0.4, -0.2) is 25.5 Å². The molecule has 2 N–H and O–H groups in total. The van der Waals surface area contributed by atoms with Gasteiger partial charge in [-0.2, -0.15) is 0 Å². The van der Waals surface area contributed by atoms with Crippen molar-refractivity contribution >= 4 is 31.9 Å².